The fraction of sp³-hybridized carbons (Fsp3) is 0.211. The maximum atomic E-state index is 10.3. The number of hydrogen-bond acceptors (Lipinski definition) is 6. The van der Waals surface area contributed by atoms with E-state index in [9.17, 15) is 10.2 Å². The summed E-state index contributed by atoms with van der Waals surface area (Å²) in [5, 5.41) is 38.1. The summed E-state index contributed by atoms with van der Waals surface area (Å²) in [6, 6.07) is 1.55. The first-order chi connectivity index (χ1) is 11.6. The standard InChI is InChI=1S/C19H22N4O2/c1-11(23-10-19(3,4)12(2)24)18-17(25)8-14(9-22-18)13-5-6-15(20)16(21)7-13/h5-9,20-21,23-25H,1-2,10H2,3-4H3. The summed E-state index contributed by atoms with van der Waals surface area (Å²) in [4.78, 5) is 4.25. The van der Waals surface area contributed by atoms with Crippen molar-refractivity contribution < 1.29 is 10.2 Å². The Morgan fingerprint density at radius 1 is 1.24 bits per heavy atom. The molecule has 5 N–H and O–H groups in total. The zero-order valence-corrected chi connectivity index (χ0v) is 14.3. The number of aromatic nitrogens is 1. The number of pyridine rings is 1. The van der Waals surface area contributed by atoms with Crippen molar-refractivity contribution in [2.24, 2.45) is 5.41 Å². The Kier molecular flexibility index (Phi) is 4.92. The molecule has 0 bridgehead atoms. The summed E-state index contributed by atoms with van der Waals surface area (Å²) in [7, 11) is 0. The van der Waals surface area contributed by atoms with Crippen LogP contribution in [0.3, 0.4) is 0 Å². The van der Waals surface area contributed by atoms with Crippen LogP contribution >= 0.6 is 0 Å². The summed E-state index contributed by atoms with van der Waals surface area (Å²) in [6.45, 7) is 11.5. The summed E-state index contributed by atoms with van der Waals surface area (Å²) in [6.07, 6.45) is 6.38. The maximum absolute atomic E-state index is 10.3. The monoisotopic (exact) mass is 338 g/mol. The minimum Gasteiger partial charge on any atom is -0.512 e. The molecule has 1 aliphatic rings. The topological polar surface area (TPSA) is 113 Å². The highest BCUT2D eigenvalue weighted by atomic mass is 16.3. The maximum Gasteiger partial charge on any atom is 0.143 e. The Labute approximate surface area is 147 Å². The molecule has 130 valence electrons. The van der Waals surface area contributed by atoms with Crippen LogP contribution in [0.2, 0.25) is 0 Å². The number of aliphatic hydroxyl groups excluding tert-OH is 1. The number of nitrogens with zero attached hydrogens (tertiary/aromatic N) is 1. The Morgan fingerprint density at radius 2 is 1.92 bits per heavy atom. The summed E-state index contributed by atoms with van der Waals surface area (Å²) < 4.78 is 0. The van der Waals surface area contributed by atoms with E-state index in [4.69, 9.17) is 10.8 Å². The van der Waals surface area contributed by atoms with E-state index in [1.165, 1.54) is 6.08 Å². The Hall–Kier alpha value is -3.15. The lowest BCUT2D eigenvalue weighted by molar-refractivity contribution is 0.259. The van der Waals surface area contributed by atoms with E-state index in [-0.39, 0.29) is 22.9 Å². The van der Waals surface area contributed by atoms with Crippen LogP contribution in [0, 0.1) is 16.2 Å². The van der Waals surface area contributed by atoms with Gasteiger partial charge >= 0.3 is 0 Å². The average Bonchev–Trinajstić information content (AvgIpc) is 2.55. The predicted octanol–water partition coefficient (Wildman–Crippen LogP) is 3.44. The van der Waals surface area contributed by atoms with Crippen LogP contribution in [0.1, 0.15) is 25.1 Å². The molecule has 0 fully saturated rings. The van der Waals surface area contributed by atoms with E-state index in [0.717, 1.165) is 0 Å². The van der Waals surface area contributed by atoms with Crippen molar-refractivity contribution in [2.75, 3.05) is 6.54 Å². The van der Waals surface area contributed by atoms with Crippen molar-refractivity contribution in [3.63, 3.8) is 0 Å². The van der Waals surface area contributed by atoms with Crippen molar-refractivity contribution in [1.29, 1.82) is 10.8 Å². The minimum atomic E-state index is -0.541. The molecule has 0 saturated carbocycles. The fourth-order valence-electron chi connectivity index (χ4n) is 2.08. The lowest BCUT2D eigenvalue weighted by atomic mass is 9.91. The SMILES string of the molecule is C=C(NCC(C)(C)C(=C)O)c1ncc(C2=CC(=N)C(=N)C=C2)cc1O. The third-order valence-corrected chi connectivity index (χ3v) is 4.03. The molecule has 0 radical (unpaired) electrons. The minimum absolute atomic E-state index is 0.0443. The van der Waals surface area contributed by atoms with Gasteiger partial charge in [-0.3, -0.25) is 15.8 Å². The van der Waals surface area contributed by atoms with Crippen molar-refractivity contribution in [3.8, 4) is 5.75 Å². The molecule has 0 aliphatic heterocycles. The molecule has 0 amide bonds. The van der Waals surface area contributed by atoms with Crippen molar-refractivity contribution in [1.82, 2.24) is 10.3 Å². The van der Waals surface area contributed by atoms with Crippen LogP contribution in [-0.4, -0.2) is 33.2 Å². The van der Waals surface area contributed by atoms with Gasteiger partial charge in [-0.25, -0.2) is 0 Å². The quantitative estimate of drug-likeness (QED) is 0.404. The van der Waals surface area contributed by atoms with E-state index in [2.05, 4.69) is 23.5 Å². The van der Waals surface area contributed by atoms with Crippen LogP contribution in [-0.2, 0) is 0 Å². The fourth-order valence-corrected chi connectivity index (χ4v) is 2.08. The van der Waals surface area contributed by atoms with Gasteiger partial charge in [0, 0.05) is 23.7 Å². The Bertz CT molecular complexity index is 832. The largest absolute Gasteiger partial charge is 0.512 e. The second-order valence-electron chi connectivity index (χ2n) is 6.51. The molecule has 0 atom stereocenters. The molecule has 2 rings (SSSR count). The summed E-state index contributed by atoms with van der Waals surface area (Å²) in [5.41, 5.74) is 1.80. The van der Waals surface area contributed by atoms with Crippen LogP contribution in [0.15, 0.2) is 49.4 Å². The van der Waals surface area contributed by atoms with Gasteiger partial charge in [-0.2, -0.15) is 0 Å². The van der Waals surface area contributed by atoms with Crippen molar-refractivity contribution >= 4 is 22.7 Å². The van der Waals surface area contributed by atoms with E-state index < -0.39 is 5.41 Å². The first kappa shape index (κ1) is 18.2. The first-order valence-electron chi connectivity index (χ1n) is 7.70. The smallest absolute Gasteiger partial charge is 0.143 e. The summed E-state index contributed by atoms with van der Waals surface area (Å²) >= 11 is 0. The van der Waals surface area contributed by atoms with Gasteiger partial charge < -0.3 is 15.5 Å². The highest BCUT2D eigenvalue weighted by Gasteiger charge is 2.22. The van der Waals surface area contributed by atoms with Crippen molar-refractivity contribution in [2.45, 2.75) is 13.8 Å². The molecular formula is C19H22N4O2. The van der Waals surface area contributed by atoms with Gasteiger partial charge in [0.25, 0.3) is 0 Å². The molecule has 1 heterocycles. The van der Waals surface area contributed by atoms with Gasteiger partial charge in [-0.05, 0) is 23.8 Å². The second kappa shape index (κ2) is 6.76. The average molecular weight is 338 g/mol. The zero-order chi connectivity index (χ0) is 18.8. The molecular weight excluding hydrogens is 316 g/mol. The van der Waals surface area contributed by atoms with Gasteiger partial charge in [0.15, 0.2) is 0 Å². The number of nitrogens with one attached hydrogen (secondary N) is 3. The van der Waals surface area contributed by atoms with E-state index in [1.54, 1.807) is 24.4 Å². The van der Waals surface area contributed by atoms with Crippen LogP contribution in [0.25, 0.3) is 11.3 Å². The molecule has 25 heavy (non-hydrogen) atoms. The number of hydrogen-bond donors (Lipinski definition) is 5. The van der Waals surface area contributed by atoms with E-state index in [0.29, 0.717) is 29.1 Å². The van der Waals surface area contributed by atoms with Crippen LogP contribution in [0.5, 0.6) is 5.75 Å². The molecule has 6 heteroatoms. The highest BCUT2D eigenvalue weighted by molar-refractivity contribution is 6.50. The Balaban J connectivity index is 2.17. The van der Waals surface area contributed by atoms with Gasteiger partial charge in [-0.1, -0.05) is 33.1 Å². The molecule has 6 nitrogen and oxygen atoms in total. The molecule has 0 unspecified atom stereocenters. The number of aliphatic hydroxyl groups is 1. The van der Waals surface area contributed by atoms with Crippen LogP contribution < -0.4 is 5.32 Å². The molecule has 1 aromatic rings. The number of rotatable bonds is 6. The second-order valence-corrected chi connectivity index (χ2v) is 6.51. The number of allylic oxidation sites excluding steroid dienone is 4. The normalized spacial score (nSPS) is 14.2. The predicted molar refractivity (Wildman–Crippen MR) is 101 cm³/mol. The third-order valence-electron chi connectivity index (χ3n) is 4.03. The van der Waals surface area contributed by atoms with Gasteiger partial charge in [0.05, 0.1) is 22.9 Å². The van der Waals surface area contributed by atoms with Crippen molar-refractivity contribution in [3.05, 3.63) is 60.7 Å². The Morgan fingerprint density at radius 3 is 2.48 bits per heavy atom. The van der Waals surface area contributed by atoms with Gasteiger partial charge in [0.1, 0.15) is 11.4 Å². The molecule has 1 aliphatic carbocycles. The number of aromatic hydroxyl groups is 1. The van der Waals surface area contributed by atoms with Crippen LogP contribution in [0.4, 0.5) is 0 Å². The van der Waals surface area contributed by atoms with E-state index >= 15 is 0 Å². The highest BCUT2D eigenvalue weighted by Crippen LogP contribution is 2.28. The molecule has 0 saturated heterocycles. The zero-order valence-electron chi connectivity index (χ0n) is 14.3. The molecule has 0 aromatic carbocycles. The first-order valence-corrected chi connectivity index (χ1v) is 7.70. The van der Waals surface area contributed by atoms with Gasteiger partial charge in [-0.15, -0.1) is 0 Å². The lowest BCUT2D eigenvalue weighted by Crippen LogP contribution is -2.29. The van der Waals surface area contributed by atoms with E-state index in [1.807, 2.05) is 13.8 Å². The lowest BCUT2D eigenvalue weighted by Gasteiger charge is -2.24. The molecule has 1 aromatic heterocycles. The third kappa shape index (κ3) is 4.03. The molecule has 0 spiro atoms. The summed E-state index contributed by atoms with van der Waals surface area (Å²) in [5.74, 6) is 0.0153. The van der Waals surface area contributed by atoms with Gasteiger partial charge in [0.2, 0.25) is 0 Å².